The van der Waals surface area contributed by atoms with Crippen LogP contribution in [0.5, 0.6) is 0 Å². The number of rotatable bonds is 4. The molecule has 18 heavy (non-hydrogen) atoms. The summed E-state index contributed by atoms with van der Waals surface area (Å²) < 4.78 is 5.38. The maximum absolute atomic E-state index is 6.16. The standard InChI is InChI=1S/C13H20ClN3O/c1-4-11-12(14)15-8(2)16-13(11)17-9-5-6-10(7-9)18-3/h9-10H,4-7H2,1-3H3,(H,15,16,17). The number of ether oxygens (including phenoxy) is 1. The van der Waals surface area contributed by atoms with E-state index in [1.165, 1.54) is 0 Å². The van der Waals surface area contributed by atoms with Gasteiger partial charge in [0.1, 0.15) is 16.8 Å². The third-order valence-corrected chi connectivity index (χ3v) is 3.79. The van der Waals surface area contributed by atoms with Crippen LogP contribution < -0.4 is 5.32 Å². The van der Waals surface area contributed by atoms with Gasteiger partial charge in [-0.1, -0.05) is 18.5 Å². The zero-order valence-electron chi connectivity index (χ0n) is 11.2. The van der Waals surface area contributed by atoms with E-state index in [2.05, 4.69) is 22.2 Å². The lowest BCUT2D eigenvalue weighted by atomic mass is 10.2. The number of methoxy groups -OCH3 is 1. The molecule has 0 bridgehead atoms. The van der Waals surface area contributed by atoms with Crippen LogP contribution in [-0.4, -0.2) is 29.2 Å². The second kappa shape index (κ2) is 5.85. The molecule has 5 heteroatoms. The van der Waals surface area contributed by atoms with E-state index < -0.39 is 0 Å². The minimum atomic E-state index is 0.367. The summed E-state index contributed by atoms with van der Waals surface area (Å²) >= 11 is 6.16. The number of aryl methyl sites for hydroxylation is 1. The van der Waals surface area contributed by atoms with E-state index in [9.17, 15) is 0 Å². The minimum Gasteiger partial charge on any atom is -0.381 e. The monoisotopic (exact) mass is 269 g/mol. The number of hydrogen-bond donors (Lipinski definition) is 1. The first-order valence-corrected chi connectivity index (χ1v) is 6.84. The van der Waals surface area contributed by atoms with Crippen molar-refractivity contribution in [1.29, 1.82) is 0 Å². The third kappa shape index (κ3) is 2.93. The largest absolute Gasteiger partial charge is 0.381 e. The first-order valence-electron chi connectivity index (χ1n) is 6.46. The van der Waals surface area contributed by atoms with E-state index >= 15 is 0 Å². The summed E-state index contributed by atoms with van der Waals surface area (Å²) in [6, 6.07) is 0.422. The summed E-state index contributed by atoms with van der Waals surface area (Å²) in [7, 11) is 1.77. The van der Waals surface area contributed by atoms with Crippen LogP contribution in [0.3, 0.4) is 0 Å². The molecule has 0 aromatic carbocycles. The summed E-state index contributed by atoms with van der Waals surface area (Å²) in [5.41, 5.74) is 1.00. The van der Waals surface area contributed by atoms with Gasteiger partial charge in [0.15, 0.2) is 0 Å². The van der Waals surface area contributed by atoms with E-state index in [0.717, 1.165) is 37.1 Å². The van der Waals surface area contributed by atoms with Crippen LogP contribution in [0.2, 0.25) is 5.15 Å². The Morgan fingerprint density at radius 3 is 2.78 bits per heavy atom. The van der Waals surface area contributed by atoms with E-state index in [-0.39, 0.29) is 0 Å². The highest BCUT2D eigenvalue weighted by Crippen LogP contribution is 2.27. The summed E-state index contributed by atoms with van der Waals surface area (Å²) in [6.45, 7) is 3.93. The Hall–Kier alpha value is -0.870. The molecule has 1 N–H and O–H groups in total. The van der Waals surface area contributed by atoms with Crippen LogP contribution in [0.25, 0.3) is 0 Å². The molecule has 1 fully saturated rings. The predicted octanol–water partition coefficient (Wildman–Crippen LogP) is 2.98. The second-order valence-corrected chi connectivity index (χ2v) is 5.11. The molecule has 2 unspecified atom stereocenters. The maximum Gasteiger partial charge on any atom is 0.138 e. The zero-order chi connectivity index (χ0) is 13.1. The van der Waals surface area contributed by atoms with Gasteiger partial charge in [-0.15, -0.1) is 0 Å². The van der Waals surface area contributed by atoms with Crippen molar-refractivity contribution in [3.63, 3.8) is 0 Å². The smallest absolute Gasteiger partial charge is 0.138 e. The highest BCUT2D eigenvalue weighted by molar-refractivity contribution is 6.30. The van der Waals surface area contributed by atoms with Crippen molar-refractivity contribution in [1.82, 2.24) is 9.97 Å². The fourth-order valence-corrected chi connectivity index (χ4v) is 2.82. The van der Waals surface area contributed by atoms with E-state index in [4.69, 9.17) is 16.3 Å². The number of halogens is 1. The lowest BCUT2D eigenvalue weighted by Crippen LogP contribution is -2.19. The zero-order valence-corrected chi connectivity index (χ0v) is 11.9. The SMILES string of the molecule is CCc1c(Cl)nc(C)nc1NC1CCC(OC)C1. The quantitative estimate of drug-likeness (QED) is 0.854. The summed E-state index contributed by atoms with van der Waals surface area (Å²) in [6.07, 6.45) is 4.45. The molecule has 100 valence electrons. The van der Waals surface area contributed by atoms with Gasteiger partial charge < -0.3 is 10.1 Å². The van der Waals surface area contributed by atoms with Crippen LogP contribution >= 0.6 is 11.6 Å². The molecule has 2 rings (SSSR count). The lowest BCUT2D eigenvalue weighted by Gasteiger charge is -2.17. The van der Waals surface area contributed by atoms with Gasteiger partial charge in [0.2, 0.25) is 0 Å². The Morgan fingerprint density at radius 1 is 1.39 bits per heavy atom. The van der Waals surface area contributed by atoms with Crippen molar-refractivity contribution in [3.05, 3.63) is 16.5 Å². The van der Waals surface area contributed by atoms with Crippen LogP contribution in [0.1, 0.15) is 37.6 Å². The van der Waals surface area contributed by atoms with Crippen molar-refractivity contribution < 1.29 is 4.74 Å². The summed E-state index contributed by atoms with van der Waals surface area (Å²) in [5.74, 6) is 1.60. The molecule has 1 aliphatic rings. The average molecular weight is 270 g/mol. The molecule has 0 radical (unpaired) electrons. The molecular weight excluding hydrogens is 250 g/mol. The summed E-state index contributed by atoms with van der Waals surface area (Å²) in [4.78, 5) is 8.67. The van der Waals surface area contributed by atoms with E-state index in [1.54, 1.807) is 7.11 Å². The Balaban J connectivity index is 2.13. The van der Waals surface area contributed by atoms with Gasteiger partial charge >= 0.3 is 0 Å². The summed E-state index contributed by atoms with van der Waals surface area (Å²) in [5, 5.41) is 4.05. The molecule has 1 aromatic heterocycles. The van der Waals surface area contributed by atoms with Gasteiger partial charge in [-0.05, 0) is 32.6 Å². The number of anilines is 1. The Labute approximate surface area is 113 Å². The van der Waals surface area contributed by atoms with E-state index in [0.29, 0.717) is 23.1 Å². The van der Waals surface area contributed by atoms with Gasteiger partial charge in [0.05, 0.1) is 6.10 Å². The molecule has 2 atom stereocenters. The van der Waals surface area contributed by atoms with Crippen LogP contribution in [0.4, 0.5) is 5.82 Å². The first kappa shape index (κ1) is 13.6. The topological polar surface area (TPSA) is 47.0 Å². The van der Waals surface area contributed by atoms with E-state index in [1.807, 2.05) is 6.92 Å². The average Bonchev–Trinajstić information content (AvgIpc) is 2.76. The number of nitrogens with zero attached hydrogens (tertiary/aromatic N) is 2. The Bertz CT molecular complexity index is 425. The third-order valence-electron chi connectivity index (χ3n) is 3.48. The minimum absolute atomic E-state index is 0.367. The van der Waals surface area contributed by atoms with Crippen molar-refractivity contribution in [2.75, 3.05) is 12.4 Å². The highest BCUT2D eigenvalue weighted by atomic mass is 35.5. The van der Waals surface area contributed by atoms with Gasteiger partial charge in [-0.3, -0.25) is 0 Å². The lowest BCUT2D eigenvalue weighted by molar-refractivity contribution is 0.108. The van der Waals surface area contributed by atoms with Crippen LogP contribution in [-0.2, 0) is 11.2 Å². The van der Waals surface area contributed by atoms with Crippen molar-refractivity contribution >= 4 is 17.4 Å². The number of nitrogens with one attached hydrogen (secondary N) is 1. The molecule has 1 aliphatic carbocycles. The molecule has 4 nitrogen and oxygen atoms in total. The molecule has 1 aromatic rings. The molecule has 0 amide bonds. The Kier molecular flexibility index (Phi) is 4.40. The van der Waals surface area contributed by atoms with Gasteiger partial charge in [0.25, 0.3) is 0 Å². The van der Waals surface area contributed by atoms with Gasteiger partial charge in [-0.2, -0.15) is 0 Å². The Morgan fingerprint density at radius 2 is 2.17 bits per heavy atom. The first-order chi connectivity index (χ1) is 8.63. The van der Waals surface area contributed by atoms with Crippen LogP contribution in [0.15, 0.2) is 0 Å². The molecule has 1 saturated carbocycles. The van der Waals surface area contributed by atoms with Crippen LogP contribution in [0, 0.1) is 6.92 Å². The van der Waals surface area contributed by atoms with Crippen molar-refractivity contribution in [2.45, 2.75) is 51.7 Å². The highest BCUT2D eigenvalue weighted by Gasteiger charge is 2.25. The second-order valence-electron chi connectivity index (χ2n) is 4.75. The molecule has 0 aliphatic heterocycles. The molecular formula is C13H20ClN3O. The molecule has 1 heterocycles. The fraction of sp³-hybridized carbons (Fsp3) is 0.692. The number of hydrogen-bond acceptors (Lipinski definition) is 4. The number of aromatic nitrogens is 2. The maximum atomic E-state index is 6.16. The fourth-order valence-electron chi connectivity index (χ4n) is 2.47. The normalized spacial score (nSPS) is 23.3. The predicted molar refractivity (Wildman–Crippen MR) is 73.2 cm³/mol. The van der Waals surface area contributed by atoms with Gasteiger partial charge in [-0.25, -0.2) is 9.97 Å². The van der Waals surface area contributed by atoms with Crippen molar-refractivity contribution in [2.24, 2.45) is 0 Å². The molecule has 0 saturated heterocycles. The van der Waals surface area contributed by atoms with Gasteiger partial charge in [0, 0.05) is 18.7 Å². The molecule has 0 spiro atoms. The van der Waals surface area contributed by atoms with Crippen molar-refractivity contribution in [3.8, 4) is 0 Å².